The van der Waals surface area contributed by atoms with Crippen molar-refractivity contribution >= 4 is 17.3 Å². The van der Waals surface area contributed by atoms with Crippen LogP contribution in [0.25, 0.3) is 11.6 Å². The molecule has 0 spiro atoms. The molecule has 1 saturated carbocycles. The summed E-state index contributed by atoms with van der Waals surface area (Å²) in [7, 11) is 3.75. The predicted molar refractivity (Wildman–Crippen MR) is 143 cm³/mol. The van der Waals surface area contributed by atoms with Gasteiger partial charge in [-0.05, 0) is 111 Å². The summed E-state index contributed by atoms with van der Waals surface area (Å²) in [6.07, 6.45) is 11.4. The Morgan fingerprint density at radius 2 is 1.91 bits per heavy atom. The van der Waals surface area contributed by atoms with Gasteiger partial charge in [0, 0.05) is 11.1 Å². The standard InChI is InChI=1S/C27H34N2O3.C2H7N/c1-26-15-25(31)21-14-18-13-19(30)6-9-27(18,32)10-7-20(21)23(26)5-4-22(26)17-3-2-16(8-11-28)24(29)12-17;1-3-2/h2-4,8,11-12,14,19,23,25,30-32H,5-7,9-10,13,15,28-29H2,1H3;3H,1-2H3/b11-8-;/t19?,23?,25?,26?,27-;/m0./s1. The average molecular weight is 480 g/mol. The van der Waals surface area contributed by atoms with E-state index in [0.29, 0.717) is 43.7 Å². The van der Waals surface area contributed by atoms with Gasteiger partial charge in [-0.3, -0.25) is 0 Å². The Hall–Kier alpha value is -2.38. The zero-order valence-corrected chi connectivity index (χ0v) is 21.2. The first-order valence-corrected chi connectivity index (χ1v) is 12.8. The number of hydrogen-bond donors (Lipinski definition) is 6. The molecule has 0 bridgehead atoms. The Morgan fingerprint density at radius 1 is 1.17 bits per heavy atom. The summed E-state index contributed by atoms with van der Waals surface area (Å²) in [6, 6.07) is 6.10. The van der Waals surface area contributed by atoms with Crippen LogP contribution in [0.5, 0.6) is 0 Å². The fraction of sp³-hybridized carbons (Fsp3) is 0.517. The number of nitrogen functional groups attached to an aromatic ring is 1. The van der Waals surface area contributed by atoms with Crippen molar-refractivity contribution in [2.24, 2.45) is 17.1 Å². The smallest absolute Gasteiger partial charge is 0.0864 e. The third kappa shape index (κ3) is 4.60. The minimum atomic E-state index is -0.859. The zero-order valence-electron chi connectivity index (χ0n) is 21.2. The second-order valence-corrected chi connectivity index (χ2v) is 10.8. The molecular weight excluding hydrogens is 438 g/mol. The summed E-state index contributed by atoms with van der Waals surface area (Å²) in [5, 5.41) is 35.6. The Bertz CT molecular complexity index is 1090. The number of aliphatic hydroxyl groups excluding tert-OH is 2. The molecule has 0 aliphatic heterocycles. The molecule has 1 fully saturated rings. The molecule has 6 nitrogen and oxygen atoms in total. The van der Waals surface area contributed by atoms with Gasteiger partial charge in [-0.1, -0.05) is 36.8 Å². The van der Waals surface area contributed by atoms with Crippen molar-refractivity contribution in [1.82, 2.24) is 5.32 Å². The topological polar surface area (TPSA) is 125 Å². The van der Waals surface area contributed by atoms with Gasteiger partial charge in [-0.15, -0.1) is 0 Å². The highest BCUT2D eigenvalue weighted by Crippen LogP contribution is 2.60. The minimum Gasteiger partial charge on any atom is -0.405 e. The summed E-state index contributed by atoms with van der Waals surface area (Å²) in [4.78, 5) is 0. The Balaban J connectivity index is 0.000000917. The molecule has 8 N–H and O–H groups in total. The molecule has 0 heterocycles. The molecule has 1 aromatic carbocycles. The average Bonchev–Trinajstić information content (AvgIpc) is 3.06. The summed E-state index contributed by atoms with van der Waals surface area (Å²) in [5.74, 6) is 0.297. The van der Waals surface area contributed by atoms with Crippen molar-refractivity contribution in [2.75, 3.05) is 19.8 Å². The van der Waals surface area contributed by atoms with Crippen molar-refractivity contribution in [3.8, 4) is 0 Å². The molecule has 1 aromatic rings. The van der Waals surface area contributed by atoms with E-state index in [4.69, 9.17) is 11.5 Å². The highest BCUT2D eigenvalue weighted by Gasteiger charge is 2.50. The number of hydrogen-bond acceptors (Lipinski definition) is 6. The maximum Gasteiger partial charge on any atom is 0.0864 e. The van der Waals surface area contributed by atoms with Crippen molar-refractivity contribution in [2.45, 2.75) is 69.7 Å². The third-order valence-corrected chi connectivity index (χ3v) is 8.47. The first-order chi connectivity index (χ1) is 16.7. The van der Waals surface area contributed by atoms with Crippen molar-refractivity contribution in [1.29, 1.82) is 0 Å². The van der Waals surface area contributed by atoms with Crippen molar-refractivity contribution < 1.29 is 15.3 Å². The third-order valence-electron chi connectivity index (χ3n) is 8.47. The van der Waals surface area contributed by atoms with Crippen molar-refractivity contribution in [3.63, 3.8) is 0 Å². The molecule has 0 radical (unpaired) electrons. The van der Waals surface area contributed by atoms with Gasteiger partial charge in [0.2, 0.25) is 0 Å². The van der Waals surface area contributed by atoms with Gasteiger partial charge in [-0.2, -0.15) is 0 Å². The van der Waals surface area contributed by atoms with E-state index in [-0.39, 0.29) is 5.41 Å². The van der Waals surface area contributed by atoms with E-state index in [9.17, 15) is 15.3 Å². The number of nitrogens with one attached hydrogen (secondary N) is 1. The number of benzene rings is 1. The van der Waals surface area contributed by atoms with E-state index in [2.05, 4.69) is 24.4 Å². The molecule has 0 aromatic heterocycles. The molecule has 0 amide bonds. The normalized spacial score (nSPS) is 34.2. The van der Waals surface area contributed by atoms with Crippen LogP contribution in [0.3, 0.4) is 0 Å². The van der Waals surface area contributed by atoms with E-state index in [1.165, 1.54) is 17.3 Å². The molecule has 35 heavy (non-hydrogen) atoms. The lowest BCUT2D eigenvalue weighted by Gasteiger charge is -2.43. The maximum absolute atomic E-state index is 11.3. The first-order valence-electron chi connectivity index (χ1n) is 12.8. The van der Waals surface area contributed by atoms with Crippen LogP contribution in [0.2, 0.25) is 0 Å². The number of nitrogens with two attached hydrogens (primary N) is 2. The minimum absolute atomic E-state index is 0.188. The number of aliphatic hydroxyl groups is 3. The van der Waals surface area contributed by atoms with Crippen LogP contribution in [0.1, 0.15) is 63.0 Å². The van der Waals surface area contributed by atoms with E-state index < -0.39 is 17.8 Å². The lowest BCUT2D eigenvalue weighted by atomic mass is 9.61. The molecule has 4 unspecified atom stereocenters. The SMILES string of the molecule is CC12CC(O)C3=C(CC[C@@]4(O)CCC(O)CC4=C3)C1CC=C2c1ccc(/C=C\N)c(N)c1.CNC. The van der Waals surface area contributed by atoms with Gasteiger partial charge in [0.25, 0.3) is 0 Å². The molecule has 4 aliphatic rings. The lowest BCUT2D eigenvalue weighted by Crippen LogP contribution is -2.38. The van der Waals surface area contributed by atoms with Gasteiger partial charge >= 0.3 is 0 Å². The summed E-state index contributed by atoms with van der Waals surface area (Å²) in [6.45, 7) is 2.26. The number of rotatable bonds is 2. The molecule has 190 valence electrons. The van der Waals surface area contributed by atoms with E-state index in [1.807, 2.05) is 32.3 Å². The Labute approximate surface area is 209 Å². The predicted octanol–water partition coefficient (Wildman–Crippen LogP) is 3.50. The van der Waals surface area contributed by atoms with Crippen LogP contribution in [-0.4, -0.2) is 47.2 Å². The largest absolute Gasteiger partial charge is 0.405 e. The van der Waals surface area contributed by atoms with E-state index >= 15 is 0 Å². The zero-order chi connectivity index (χ0) is 25.4. The lowest BCUT2D eigenvalue weighted by molar-refractivity contribution is 0.00863. The number of anilines is 1. The highest BCUT2D eigenvalue weighted by molar-refractivity contribution is 5.78. The second-order valence-electron chi connectivity index (χ2n) is 10.8. The van der Waals surface area contributed by atoms with Crippen molar-refractivity contribution in [3.05, 3.63) is 64.4 Å². The fourth-order valence-corrected chi connectivity index (χ4v) is 6.70. The van der Waals surface area contributed by atoms with Gasteiger partial charge < -0.3 is 32.1 Å². The van der Waals surface area contributed by atoms with E-state index in [1.54, 1.807) is 6.08 Å². The molecule has 0 saturated heterocycles. The monoisotopic (exact) mass is 479 g/mol. The highest BCUT2D eigenvalue weighted by atomic mass is 16.3. The molecule has 5 atom stereocenters. The number of fused-ring (bicyclic) bond motifs is 3. The van der Waals surface area contributed by atoms with Crippen LogP contribution in [0.15, 0.2) is 53.3 Å². The summed E-state index contributed by atoms with van der Waals surface area (Å²) < 4.78 is 0. The Kier molecular flexibility index (Phi) is 7.30. The fourth-order valence-electron chi connectivity index (χ4n) is 6.70. The van der Waals surface area contributed by atoms with Gasteiger partial charge in [0.1, 0.15) is 0 Å². The second kappa shape index (κ2) is 9.94. The maximum atomic E-state index is 11.3. The van der Waals surface area contributed by atoms with Crippen LogP contribution >= 0.6 is 0 Å². The molecular formula is C29H41N3O3. The molecule has 4 aliphatic carbocycles. The number of allylic oxidation sites excluding steroid dienone is 3. The molecule has 5 rings (SSSR count). The summed E-state index contributed by atoms with van der Waals surface area (Å²) in [5.41, 5.74) is 17.9. The molecule has 6 heteroatoms. The van der Waals surface area contributed by atoms with Crippen LogP contribution in [0, 0.1) is 11.3 Å². The van der Waals surface area contributed by atoms with Crippen LogP contribution < -0.4 is 16.8 Å². The van der Waals surface area contributed by atoms with Crippen LogP contribution in [-0.2, 0) is 0 Å². The first kappa shape index (κ1) is 25.7. The summed E-state index contributed by atoms with van der Waals surface area (Å²) >= 11 is 0. The van der Waals surface area contributed by atoms with Gasteiger partial charge in [0.15, 0.2) is 0 Å². The Morgan fingerprint density at radius 3 is 2.60 bits per heavy atom. The van der Waals surface area contributed by atoms with Crippen LogP contribution in [0.4, 0.5) is 5.69 Å². The van der Waals surface area contributed by atoms with E-state index in [0.717, 1.165) is 35.1 Å². The van der Waals surface area contributed by atoms with Gasteiger partial charge in [0.05, 0.1) is 17.8 Å². The quantitative estimate of drug-likeness (QED) is 0.361. The van der Waals surface area contributed by atoms with Gasteiger partial charge in [-0.25, -0.2) is 0 Å².